The van der Waals surface area contributed by atoms with Crippen molar-refractivity contribution in [1.82, 2.24) is 9.55 Å². The molecule has 5 nitrogen and oxygen atoms in total. The summed E-state index contributed by atoms with van der Waals surface area (Å²) in [6.45, 7) is 0. The number of halogens is 2. The number of aromatic nitrogens is 2. The van der Waals surface area contributed by atoms with Crippen molar-refractivity contribution in [3.63, 3.8) is 0 Å². The highest BCUT2D eigenvalue weighted by atomic mass is 35.5. The van der Waals surface area contributed by atoms with E-state index in [0.29, 0.717) is 20.9 Å². The number of carbonyl (C=O) groups is 1. The number of aryl methyl sites for hydroxylation is 2. The minimum Gasteiger partial charge on any atom is -0.325 e. The Morgan fingerprint density at radius 2 is 1.82 bits per heavy atom. The first-order chi connectivity index (χ1) is 16.0. The molecule has 0 spiro atoms. The summed E-state index contributed by atoms with van der Waals surface area (Å²) in [6, 6.07) is 14.3. The van der Waals surface area contributed by atoms with Crippen LogP contribution >= 0.6 is 46.3 Å². The molecule has 2 aromatic carbocycles. The SMILES string of the molecule is O=C(CSc1nc2sc3c(c2c(=O)n1-c1ccccc1)CCCC3)Nc1cc(Cl)cc(Cl)c1. The third-order valence-electron chi connectivity index (χ3n) is 5.45. The zero-order valence-corrected chi connectivity index (χ0v) is 20.6. The van der Waals surface area contributed by atoms with Gasteiger partial charge in [0.2, 0.25) is 5.91 Å². The highest BCUT2D eigenvalue weighted by Gasteiger charge is 2.23. The van der Waals surface area contributed by atoms with E-state index >= 15 is 0 Å². The van der Waals surface area contributed by atoms with Crippen LogP contribution in [0.1, 0.15) is 23.3 Å². The highest BCUT2D eigenvalue weighted by Crippen LogP contribution is 2.35. The number of anilines is 1. The zero-order chi connectivity index (χ0) is 22.9. The van der Waals surface area contributed by atoms with Gasteiger partial charge in [0, 0.05) is 20.6 Å². The third-order valence-corrected chi connectivity index (χ3v) is 8.01. The van der Waals surface area contributed by atoms with Gasteiger partial charge in [0.1, 0.15) is 4.83 Å². The Hall–Kier alpha value is -2.32. The molecular weight excluding hydrogens is 497 g/mol. The number of carbonyl (C=O) groups excluding carboxylic acids is 1. The number of nitrogens with one attached hydrogen (secondary N) is 1. The van der Waals surface area contributed by atoms with E-state index in [1.54, 1.807) is 34.1 Å². The molecule has 0 bridgehead atoms. The molecule has 0 saturated heterocycles. The predicted octanol–water partition coefficient (Wildman–Crippen LogP) is 6.36. The molecule has 0 saturated carbocycles. The molecule has 2 heterocycles. The van der Waals surface area contributed by atoms with Gasteiger partial charge in [0.25, 0.3) is 5.56 Å². The molecule has 1 amide bonds. The van der Waals surface area contributed by atoms with Crippen molar-refractivity contribution in [3.8, 4) is 5.69 Å². The fourth-order valence-corrected chi connectivity index (χ4v) is 6.68. The molecule has 9 heteroatoms. The Morgan fingerprint density at radius 3 is 2.58 bits per heavy atom. The number of rotatable bonds is 5. The van der Waals surface area contributed by atoms with E-state index in [1.165, 1.54) is 16.6 Å². The molecule has 33 heavy (non-hydrogen) atoms. The molecule has 0 fully saturated rings. The minimum atomic E-state index is -0.238. The van der Waals surface area contributed by atoms with E-state index in [2.05, 4.69) is 5.32 Å². The Bertz CT molecular complexity index is 1400. The summed E-state index contributed by atoms with van der Waals surface area (Å²) in [5.41, 5.74) is 2.33. The summed E-state index contributed by atoms with van der Waals surface area (Å²) in [4.78, 5) is 33.2. The van der Waals surface area contributed by atoms with Gasteiger partial charge in [-0.05, 0) is 61.6 Å². The van der Waals surface area contributed by atoms with E-state index in [0.717, 1.165) is 47.2 Å². The van der Waals surface area contributed by atoms with Crippen molar-refractivity contribution >= 4 is 68.1 Å². The standard InChI is InChI=1S/C24H19Cl2N3O2S2/c25-14-10-15(26)12-16(11-14)27-20(30)13-32-24-28-22-21(18-8-4-5-9-19(18)33-22)23(31)29(24)17-6-2-1-3-7-17/h1-3,6-7,10-12H,4-5,8-9,13H2,(H,27,30). The second-order valence-corrected chi connectivity index (χ2v) is 10.7. The Kier molecular flexibility index (Phi) is 6.47. The lowest BCUT2D eigenvalue weighted by atomic mass is 9.97. The van der Waals surface area contributed by atoms with E-state index in [9.17, 15) is 9.59 Å². The van der Waals surface area contributed by atoms with Gasteiger partial charge in [-0.1, -0.05) is 53.2 Å². The largest absolute Gasteiger partial charge is 0.325 e. The summed E-state index contributed by atoms with van der Waals surface area (Å²) in [5, 5.41) is 4.91. The number of fused-ring (bicyclic) bond motifs is 3. The Labute approximate surface area is 208 Å². The smallest absolute Gasteiger partial charge is 0.267 e. The lowest BCUT2D eigenvalue weighted by Crippen LogP contribution is -2.23. The topological polar surface area (TPSA) is 64.0 Å². The molecule has 1 N–H and O–H groups in total. The summed E-state index contributed by atoms with van der Waals surface area (Å²) in [7, 11) is 0. The second-order valence-electron chi connectivity index (χ2n) is 7.76. The number of benzene rings is 2. The first-order valence-electron chi connectivity index (χ1n) is 10.5. The van der Waals surface area contributed by atoms with Gasteiger partial charge in [-0.15, -0.1) is 11.3 Å². The first-order valence-corrected chi connectivity index (χ1v) is 13.1. The Balaban J connectivity index is 1.50. The average Bonchev–Trinajstić information content (AvgIpc) is 3.16. The number of hydrogen-bond donors (Lipinski definition) is 1. The van der Waals surface area contributed by atoms with Crippen LogP contribution in [0.25, 0.3) is 15.9 Å². The van der Waals surface area contributed by atoms with Gasteiger partial charge in [-0.2, -0.15) is 0 Å². The molecule has 4 aromatic rings. The van der Waals surface area contributed by atoms with Crippen LogP contribution in [0.4, 0.5) is 5.69 Å². The van der Waals surface area contributed by atoms with Crippen LogP contribution < -0.4 is 10.9 Å². The fourth-order valence-electron chi connectivity index (χ4n) is 4.04. The highest BCUT2D eigenvalue weighted by molar-refractivity contribution is 7.99. The number of amides is 1. The molecule has 0 aliphatic heterocycles. The lowest BCUT2D eigenvalue weighted by molar-refractivity contribution is -0.113. The van der Waals surface area contributed by atoms with Crippen LogP contribution in [0.2, 0.25) is 10.0 Å². The van der Waals surface area contributed by atoms with Gasteiger partial charge in [0.15, 0.2) is 5.16 Å². The number of nitrogens with zero attached hydrogens (tertiary/aromatic N) is 2. The van der Waals surface area contributed by atoms with E-state index in [4.69, 9.17) is 28.2 Å². The normalized spacial score (nSPS) is 13.2. The van der Waals surface area contributed by atoms with Crippen molar-refractivity contribution in [2.75, 3.05) is 11.1 Å². The van der Waals surface area contributed by atoms with E-state index < -0.39 is 0 Å². The maximum absolute atomic E-state index is 13.7. The van der Waals surface area contributed by atoms with Crippen molar-refractivity contribution in [2.45, 2.75) is 30.8 Å². The molecule has 0 unspecified atom stereocenters. The second kappa shape index (κ2) is 9.50. The summed E-state index contributed by atoms with van der Waals surface area (Å²) < 4.78 is 1.62. The van der Waals surface area contributed by atoms with Crippen molar-refractivity contribution < 1.29 is 4.79 Å². The van der Waals surface area contributed by atoms with Crippen molar-refractivity contribution in [1.29, 1.82) is 0 Å². The van der Waals surface area contributed by atoms with Gasteiger partial charge in [-0.25, -0.2) is 4.98 Å². The van der Waals surface area contributed by atoms with Crippen LogP contribution in [0.3, 0.4) is 0 Å². The molecule has 0 radical (unpaired) electrons. The molecule has 2 aromatic heterocycles. The maximum atomic E-state index is 13.7. The van der Waals surface area contributed by atoms with Gasteiger partial charge >= 0.3 is 0 Å². The van der Waals surface area contributed by atoms with Crippen LogP contribution in [0, 0.1) is 0 Å². The lowest BCUT2D eigenvalue weighted by Gasteiger charge is -2.13. The monoisotopic (exact) mass is 515 g/mol. The average molecular weight is 516 g/mol. The quantitative estimate of drug-likeness (QED) is 0.248. The van der Waals surface area contributed by atoms with Crippen molar-refractivity contribution in [2.24, 2.45) is 0 Å². The van der Waals surface area contributed by atoms with Crippen molar-refractivity contribution in [3.05, 3.63) is 79.4 Å². The summed E-state index contributed by atoms with van der Waals surface area (Å²) >= 11 is 14.9. The number of thioether (sulfide) groups is 1. The molecule has 1 aliphatic rings. The van der Waals surface area contributed by atoms with Gasteiger partial charge in [0.05, 0.1) is 16.8 Å². The summed E-state index contributed by atoms with van der Waals surface area (Å²) in [6.07, 6.45) is 4.14. The maximum Gasteiger partial charge on any atom is 0.267 e. The van der Waals surface area contributed by atoms with E-state index in [-0.39, 0.29) is 17.2 Å². The minimum absolute atomic E-state index is 0.0740. The van der Waals surface area contributed by atoms with Crippen LogP contribution in [-0.4, -0.2) is 21.2 Å². The fraction of sp³-hybridized carbons (Fsp3) is 0.208. The molecular formula is C24H19Cl2N3O2S2. The number of thiophene rings is 1. The third kappa shape index (κ3) is 4.68. The number of para-hydroxylation sites is 1. The zero-order valence-electron chi connectivity index (χ0n) is 17.4. The predicted molar refractivity (Wildman–Crippen MR) is 138 cm³/mol. The first kappa shape index (κ1) is 22.5. The molecule has 168 valence electrons. The summed E-state index contributed by atoms with van der Waals surface area (Å²) in [5.74, 6) is -0.155. The Morgan fingerprint density at radius 1 is 1.09 bits per heavy atom. The van der Waals surface area contributed by atoms with Gasteiger partial charge < -0.3 is 5.32 Å². The van der Waals surface area contributed by atoms with Crippen LogP contribution in [0.15, 0.2) is 58.5 Å². The van der Waals surface area contributed by atoms with Crippen LogP contribution in [0.5, 0.6) is 0 Å². The molecule has 5 rings (SSSR count). The number of hydrogen-bond acceptors (Lipinski definition) is 5. The van der Waals surface area contributed by atoms with Gasteiger partial charge in [-0.3, -0.25) is 14.2 Å². The van der Waals surface area contributed by atoms with E-state index in [1.807, 2.05) is 30.3 Å². The van der Waals surface area contributed by atoms with Crippen LogP contribution in [-0.2, 0) is 17.6 Å². The molecule has 0 atom stereocenters. The molecule has 1 aliphatic carbocycles.